The Balaban J connectivity index is 2.06. The van der Waals surface area contributed by atoms with Gasteiger partial charge in [-0.3, -0.25) is 9.89 Å². The smallest absolute Gasteiger partial charge is 0.335 e. The number of carboxylic acid groups (broad SMARTS) is 1. The lowest BCUT2D eigenvalue weighted by Gasteiger charge is -2.05. The lowest BCUT2D eigenvalue weighted by molar-refractivity contribution is -0.115. The summed E-state index contributed by atoms with van der Waals surface area (Å²) in [5.41, 5.74) is 1.54. The van der Waals surface area contributed by atoms with Gasteiger partial charge in [0.1, 0.15) is 0 Å². The molecular weight excluding hydrogens is 258 g/mol. The summed E-state index contributed by atoms with van der Waals surface area (Å²) in [5, 5.41) is 18.4. The van der Waals surface area contributed by atoms with E-state index in [4.69, 9.17) is 5.11 Å². The maximum Gasteiger partial charge on any atom is 0.335 e. The van der Waals surface area contributed by atoms with E-state index in [2.05, 4.69) is 15.5 Å². The largest absolute Gasteiger partial charge is 0.478 e. The number of H-pyrrole nitrogens is 1. The van der Waals surface area contributed by atoms with Crippen LogP contribution in [0.15, 0.2) is 30.3 Å². The maximum absolute atomic E-state index is 11.9. The fourth-order valence-corrected chi connectivity index (χ4v) is 1.85. The summed E-state index contributed by atoms with van der Waals surface area (Å²) in [6.07, 6.45) is 0.793. The van der Waals surface area contributed by atoms with Crippen LogP contribution in [0.4, 0.5) is 5.82 Å². The third kappa shape index (κ3) is 3.23. The molecule has 6 nitrogen and oxygen atoms in total. The van der Waals surface area contributed by atoms with Crippen molar-refractivity contribution in [1.29, 1.82) is 0 Å². The number of aromatic amines is 1. The zero-order valence-corrected chi connectivity index (χ0v) is 11.0. The molecule has 0 atom stereocenters. The van der Waals surface area contributed by atoms with Gasteiger partial charge in [-0.25, -0.2) is 4.79 Å². The molecule has 0 bridgehead atoms. The van der Waals surface area contributed by atoms with Crippen molar-refractivity contribution in [2.24, 2.45) is 0 Å². The summed E-state index contributed by atoms with van der Waals surface area (Å²) >= 11 is 0. The summed E-state index contributed by atoms with van der Waals surface area (Å²) in [4.78, 5) is 23.0. The highest BCUT2D eigenvalue weighted by atomic mass is 16.4. The molecule has 0 aliphatic rings. The van der Waals surface area contributed by atoms with Gasteiger partial charge in [-0.2, -0.15) is 5.10 Å². The minimum atomic E-state index is -1.04. The fourth-order valence-electron chi connectivity index (χ4n) is 1.85. The second-order valence-corrected chi connectivity index (χ2v) is 4.32. The van der Waals surface area contributed by atoms with Gasteiger partial charge in [0.15, 0.2) is 5.82 Å². The normalized spacial score (nSPS) is 10.2. The number of benzene rings is 1. The number of hydrogen-bond acceptors (Lipinski definition) is 3. The number of anilines is 1. The van der Waals surface area contributed by atoms with Crippen molar-refractivity contribution in [1.82, 2.24) is 10.2 Å². The molecule has 104 valence electrons. The predicted molar refractivity (Wildman–Crippen MR) is 73.7 cm³/mol. The number of nitrogens with zero attached hydrogens (tertiary/aromatic N) is 1. The molecule has 2 rings (SSSR count). The number of carbonyl (C=O) groups is 2. The van der Waals surface area contributed by atoms with Gasteiger partial charge >= 0.3 is 5.97 Å². The predicted octanol–water partition coefficient (Wildman–Crippen LogP) is 1.85. The van der Waals surface area contributed by atoms with Gasteiger partial charge in [-0.15, -0.1) is 0 Å². The van der Waals surface area contributed by atoms with Gasteiger partial charge < -0.3 is 10.4 Å². The average molecular weight is 273 g/mol. The zero-order chi connectivity index (χ0) is 14.5. The number of amides is 1. The van der Waals surface area contributed by atoms with E-state index in [1.165, 1.54) is 6.07 Å². The van der Waals surface area contributed by atoms with Gasteiger partial charge in [0.05, 0.1) is 12.0 Å². The molecule has 0 aliphatic carbocycles. The third-order valence-electron chi connectivity index (χ3n) is 2.88. The molecule has 1 aromatic carbocycles. The van der Waals surface area contributed by atoms with Crippen LogP contribution >= 0.6 is 0 Å². The number of hydrogen-bond donors (Lipinski definition) is 3. The van der Waals surface area contributed by atoms with E-state index in [0.29, 0.717) is 11.4 Å². The first-order chi connectivity index (χ1) is 9.60. The van der Waals surface area contributed by atoms with Crippen molar-refractivity contribution < 1.29 is 14.7 Å². The molecule has 0 fully saturated rings. The molecule has 0 saturated carbocycles. The molecule has 1 aromatic heterocycles. The fraction of sp³-hybridized carbons (Fsp3) is 0.214. The molecule has 0 unspecified atom stereocenters. The SMILES string of the molecule is CCc1cc(NC(=O)Cc2ccccc2C(=O)O)n[nH]1. The summed E-state index contributed by atoms with van der Waals surface area (Å²) < 4.78 is 0. The van der Waals surface area contributed by atoms with E-state index in [9.17, 15) is 9.59 Å². The highest BCUT2D eigenvalue weighted by molar-refractivity contribution is 5.95. The minimum absolute atomic E-state index is 0.00318. The molecule has 1 heterocycles. The maximum atomic E-state index is 11.9. The standard InChI is InChI=1S/C14H15N3O3/c1-2-10-8-12(17-16-10)15-13(18)7-9-5-3-4-6-11(9)14(19)20/h3-6,8H,2,7H2,1H3,(H,19,20)(H2,15,16,17,18). The third-order valence-corrected chi connectivity index (χ3v) is 2.88. The van der Waals surface area contributed by atoms with Gasteiger partial charge in [0.2, 0.25) is 5.91 Å². The van der Waals surface area contributed by atoms with Gasteiger partial charge in [-0.1, -0.05) is 25.1 Å². The summed E-state index contributed by atoms with van der Waals surface area (Å²) in [7, 11) is 0. The van der Waals surface area contributed by atoms with Crippen LogP contribution in [0.1, 0.15) is 28.5 Å². The minimum Gasteiger partial charge on any atom is -0.478 e. The van der Waals surface area contributed by atoms with Crippen molar-refractivity contribution in [3.63, 3.8) is 0 Å². The number of carboxylic acids is 1. The number of rotatable bonds is 5. The highest BCUT2D eigenvalue weighted by Gasteiger charge is 2.13. The van der Waals surface area contributed by atoms with Crippen LogP contribution in [0.25, 0.3) is 0 Å². The monoisotopic (exact) mass is 273 g/mol. The molecule has 1 amide bonds. The Morgan fingerprint density at radius 3 is 2.75 bits per heavy atom. The first kappa shape index (κ1) is 13.8. The molecule has 0 spiro atoms. The van der Waals surface area contributed by atoms with Gasteiger partial charge in [0, 0.05) is 11.8 Å². The molecule has 6 heteroatoms. The number of aromatic carboxylic acids is 1. The van der Waals surface area contributed by atoms with Crippen LogP contribution in [-0.2, 0) is 17.6 Å². The Labute approximate surface area is 115 Å². The molecule has 3 N–H and O–H groups in total. The van der Waals surface area contributed by atoms with E-state index in [1.807, 2.05) is 6.92 Å². The Morgan fingerprint density at radius 2 is 2.10 bits per heavy atom. The van der Waals surface area contributed by atoms with E-state index in [0.717, 1.165) is 12.1 Å². The average Bonchev–Trinajstić information content (AvgIpc) is 2.86. The van der Waals surface area contributed by atoms with Crippen LogP contribution in [-0.4, -0.2) is 27.2 Å². The van der Waals surface area contributed by atoms with Crippen molar-refractivity contribution in [3.05, 3.63) is 47.2 Å². The van der Waals surface area contributed by atoms with Crippen molar-refractivity contribution in [2.45, 2.75) is 19.8 Å². The second kappa shape index (κ2) is 6.01. The number of nitrogens with one attached hydrogen (secondary N) is 2. The molecule has 20 heavy (non-hydrogen) atoms. The van der Waals surface area contributed by atoms with E-state index >= 15 is 0 Å². The first-order valence-electron chi connectivity index (χ1n) is 6.25. The Bertz CT molecular complexity index is 634. The van der Waals surface area contributed by atoms with Gasteiger partial charge in [-0.05, 0) is 18.1 Å². The van der Waals surface area contributed by atoms with E-state index < -0.39 is 5.97 Å². The molecule has 0 radical (unpaired) electrons. The summed E-state index contributed by atoms with van der Waals surface area (Å²) in [6.45, 7) is 1.97. The van der Waals surface area contributed by atoms with Crippen molar-refractivity contribution in [3.8, 4) is 0 Å². The Morgan fingerprint density at radius 1 is 1.35 bits per heavy atom. The van der Waals surface area contributed by atoms with Crippen LogP contribution < -0.4 is 5.32 Å². The number of carbonyl (C=O) groups excluding carboxylic acids is 1. The summed E-state index contributed by atoms with van der Waals surface area (Å²) in [6, 6.07) is 8.20. The Hall–Kier alpha value is -2.63. The molecule has 0 saturated heterocycles. The van der Waals surface area contributed by atoms with Crippen molar-refractivity contribution in [2.75, 3.05) is 5.32 Å². The zero-order valence-electron chi connectivity index (χ0n) is 11.0. The molecular formula is C14H15N3O3. The topological polar surface area (TPSA) is 95.1 Å². The second-order valence-electron chi connectivity index (χ2n) is 4.32. The highest BCUT2D eigenvalue weighted by Crippen LogP contribution is 2.11. The quantitative estimate of drug-likeness (QED) is 0.774. The van der Waals surface area contributed by atoms with E-state index in [1.54, 1.807) is 24.3 Å². The van der Waals surface area contributed by atoms with Crippen molar-refractivity contribution >= 4 is 17.7 Å². The Kier molecular flexibility index (Phi) is 4.14. The van der Waals surface area contributed by atoms with E-state index in [-0.39, 0.29) is 17.9 Å². The first-order valence-corrected chi connectivity index (χ1v) is 6.25. The van der Waals surface area contributed by atoms with Crippen LogP contribution in [0.5, 0.6) is 0 Å². The van der Waals surface area contributed by atoms with Crippen LogP contribution in [0, 0.1) is 0 Å². The van der Waals surface area contributed by atoms with Crippen LogP contribution in [0.2, 0.25) is 0 Å². The molecule has 2 aromatic rings. The van der Waals surface area contributed by atoms with Gasteiger partial charge in [0.25, 0.3) is 0 Å². The summed E-state index contributed by atoms with van der Waals surface area (Å²) in [5.74, 6) is -0.894. The number of aromatic nitrogens is 2. The lowest BCUT2D eigenvalue weighted by atomic mass is 10.0. The number of aryl methyl sites for hydroxylation is 1. The van der Waals surface area contributed by atoms with Crippen LogP contribution in [0.3, 0.4) is 0 Å². The lowest BCUT2D eigenvalue weighted by Crippen LogP contribution is -2.16. The molecule has 0 aliphatic heterocycles.